The Labute approximate surface area is 145 Å². The lowest BCUT2D eigenvalue weighted by Gasteiger charge is -2.22. The Morgan fingerprint density at radius 2 is 2.00 bits per heavy atom. The first-order valence-corrected chi connectivity index (χ1v) is 8.73. The Balaban J connectivity index is 0.000000648. The highest BCUT2D eigenvalue weighted by Crippen LogP contribution is 2.27. The first-order valence-electron chi connectivity index (χ1n) is 7.74. The number of aliphatic carboxylic acids is 2. The molecule has 0 unspecified atom stereocenters. The minimum Gasteiger partial charge on any atom is -0.481 e. The largest absolute Gasteiger partial charge is 0.481 e. The van der Waals surface area contributed by atoms with Crippen molar-refractivity contribution in [1.82, 2.24) is 20.1 Å². The number of carbonyl (C=O) groups is 2. The van der Waals surface area contributed by atoms with Gasteiger partial charge in [-0.05, 0) is 25.9 Å². The van der Waals surface area contributed by atoms with Crippen LogP contribution in [0.3, 0.4) is 0 Å². The number of piperidine rings is 1. The fraction of sp³-hybridized carbons (Fsp3) is 0.600. The molecule has 0 atom stereocenters. The summed E-state index contributed by atoms with van der Waals surface area (Å²) < 4.78 is 2.06. The first kappa shape index (κ1) is 20.2. The van der Waals surface area contributed by atoms with Gasteiger partial charge in [0.05, 0.1) is 6.42 Å². The molecule has 0 radical (unpaired) electrons. The highest BCUT2D eigenvalue weighted by molar-refractivity contribution is 7.99. The van der Waals surface area contributed by atoms with Crippen molar-refractivity contribution in [3.05, 3.63) is 18.5 Å². The van der Waals surface area contributed by atoms with E-state index in [1.807, 2.05) is 6.08 Å². The number of hydrogen-bond acceptors (Lipinski definition) is 6. The summed E-state index contributed by atoms with van der Waals surface area (Å²) in [6.07, 6.45) is 4.09. The van der Waals surface area contributed by atoms with Crippen LogP contribution in [0, 0.1) is 0 Å². The maximum Gasteiger partial charge on any atom is 0.304 e. The van der Waals surface area contributed by atoms with Gasteiger partial charge in [-0.25, -0.2) is 0 Å². The number of thioether (sulfide) groups is 1. The zero-order chi connectivity index (χ0) is 17.9. The Hall–Kier alpha value is -1.87. The fourth-order valence-electron chi connectivity index (χ4n) is 2.32. The van der Waals surface area contributed by atoms with E-state index in [0.29, 0.717) is 18.2 Å². The third kappa shape index (κ3) is 7.14. The van der Waals surface area contributed by atoms with E-state index in [1.165, 1.54) is 11.8 Å². The third-order valence-electron chi connectivity index (χ3n) is 3.31. The third-order valence-corrected chi connectivity index (χ3v) is 4.28. The molecule has 8 nitrogen and oxygen atoms in total. The molecular weight excluding hydrogens is 332 g/mol. The van der Waals surface area contributed by atoms with Crippen molar-refractivity contribution in [2.75, 3.05) is 18.8 Å². The van der Waals surface area contributed by atoms with Crippen LogP contribution in [0.25, 0.3) is 0 Å². The van der Waals surface area contributed by atoms with Gasteiger partial charge < -0.3 is 20.1 Å². The SMILES string of the molecule is C=CCn1c(SCCC(=O)O)nnc1C1CCNCC1.CC(=O)O. The lowest BCUT2D eigenvalue weighted by atomic mass is 9.97. The molecule has 2 heterocycles. The minimum absolute atomic E-state index is 0.133. The number of nitrogens with one attached hydrogen (secondary N) is 1. The summed E-state index contributed by atoms with van der Waals surface area (Å²) in [6.45, 7) is 7.55. The first-order chi connectivity index (χ1) is 11.5. The number of rotatable bonds is 7. The molecule has 134 valence electrons. The average Bonchev–Trinajstić information content (AvgIpc) is 2.91. The van der Waals surface area contributed by atoms with Gasteiger partial charge in [0.1, 0.15) is 5.82 Å². The molecule has 1 aliphatic heterocycles. The van der Waals surface area contributed by atoms with E-state index in [-0.39, 0.29) is 6.42 Å². The summed E-state index contributed by atoms with van der Waals surface area (Å²) in [5.74, 6) is 0.323. The van der Waals surface area contributed by atoms with Crippen molar-refractivity contribution in [3.8, 4) is 0 Å². The predicted octanol–water partition coefficient (Wildman–Crippen LogP) is 1.59. The van der Waals surface area contributed by atoms with Crippen molar-refractivity contribution in [2.24, 2.45) is 0 Å². The molecule has 0 saturated carbocycles. The van der Waals surface area contributed by atoms with Gasteiger partial charge in [0.2, 0.25) is 0 Å². The second-order valence-corrected chi connectivity index (χ2v) is 6.34. The molecular formula is C15H24N4O4S. The summed E-state index contributed by atoms with van der Waals surface area (Å²) in [7, 11) is 0. The second kappa shape index (κ2) is 10.8. The normalized spacial score (nSPS) is 14.5. The molecule has 0 aliphatic carbocycles. The molecule has 1 aliphatic rings. The van der Waals surface area contributed by atoms with Gasteiger partial charge in [-0.2, -0.15) is 0 Å². The van der Waals surface area contributed by atoms with Crippen molar-refractivity contribution >= 4 is 23.7 Å². The van der Waals surface area contributed by atoms with Gasteiger partial charge in [-0.3, -0.25) is 9.59 Å². The topological polar surface area (TPSA) is 117 Å². The van der Waals surface area contributed by atoms with Gasteiger partial charge in [0.15, 0.2) is 5.16 Å². The molecule has 24 heavy (non-hydrogen) atoms. The van der Waals surface area contributed by atoms with Gasteiger partial charge in [0, 0.05) is 25.1 Å². The van der Waals surface area contributed by atoms with Crippen LogP contribution in [-0.2, 0) is 16.1 Å². The molecule has 0 amide bonds. The van der Waals surface area contributed by atoms with Gasteiger partial charge in [-0.15, -0.1) is 16.8 Å². The van der Waals surface area contributed by atoms with Gasteiger partial charge in [0.25, 0.3) is 5.97 Å². The minimum atomic E-state index is -0.833. The number of nitrogens with zero attached hydrogens (tertiary/aromatic N) is 3. The van der Waals surface area contributed by atoms with Crippen LogP contribution < -0.4 is 5.32 Å². The van der Waals surface area contributed by atoms with Crippen molar-refractivity contribution < 1.29 is 19.8 Å². The maximum atomic E-state index is 10.6. The maximum absolute atomic E-state index is 10.6. The standard InChI is InChI=1S/C13H20N4O2S.C2H4O2/c1-2-8-17-12(10-3-6-14-7-4-10)15-16-13(17)20-9-5-11(18)19;1-2(3)4/h2,10,14H,1,3-9H2,(H,18,19);1H3,(H,3,4). The molecule has 1 fully saturated rings. The molecule has 1 saturated heterocycles. The van der Waals surface area contributed by atoms with Crippen LogP contribution in [0.15, 0.2) is 17.8 Å². The van der Waals surface area contributed by atoms with Gasteiger partial charge >= 0.3 is 5.97 Å². The van der Waals surface area contributed by atoms with Gasteiger partial charge in [-0.1, -0.05) is 17.8 Å². The number of carboxylic acid groups (broad SMARTS) is 2. The van der Waals surface area contributed by atoms with Crippen LogP contribution >= 0.6 is 11.8 Å². The highest BCUT2D eigenvalue weighted by atomic mass is 32.2. The van der Waals surface area contributed by atoms with E-state index >= 15 is 0 Å². The lowest BCUT2D eigenvalue weighted by molar-refractivity contribution is -0.136. The Bertz CT molecular complexity index is 552. The Kier molecular flexibility index (Phi) is 9.10. The van der Waals surface area contributed by atoms with Crippen LogP contribution in [0.5, 0.6) is 0 Å². The van der Waals surface area contributed by atoms with Crippen molar-refractivity contribution in [3.63, 3.8) is 0 Å². The van der Waals surface area contributed by atoms with Crippen molar-refractivity contribution in [1.29, 1.82) is 0 Å². The molecule has 2 rings (SSSR count). The number of hydrogen-bond donors (Lipinski definition) is 3. The van der Waals surface area contributed by atoms with E-state index in [2.05, 4.69) is 26.7 Å². The molecule has 1 aromatic rings. The second-order valence-electron chi connectivity index (χ2n) is 5.28. The van der Waals surface area contributed by atoms with Crippen LogP contribution in [-0.4, -0.2) is 55.8 Å². The van der Waals surface area contributed by atoms with E-state index in [0.717, 1.165) is 43.8 Å². The monoisotopic (exact) mass is 356 g/mol. The van der Waals surface area contributed by atoms with E-state index in [9.17, 15) is 4.79 Å². The van der Waals surface area contributed by atoms with E-state index < -0.39 is 11.9 Å². The smallest absolute Gasteiger partial charge is 0.304 e. The molecule has 9 heteroatoms. The van der Waals surface area contributed by atoms with Crippen LogP contribution in [0.2, 0.25) is 0 Å². The number of allylic oxidation sites excluding steroid dienone is 1. The highest BCUT2D eigenvalue weighted by Gasteiger charge is 2.22. The lowest BCUT2D eigenvalue weighted by Crippen LogP contribution is -2.28. The number of aromatic nitrogens is 3. The molecule has 0 spiro atoms. The summed E-state index contributed by atoms with van der Waals surface area (Å²) >= 11 is 1.45. The van der Waals surface area contributed by atoms with Crippen LogP contribution in [0.4, 0.5) is 0 Å². The summed E-state index contributed by atoms with van der Waals surface area (Å²) in [6, 6.07) is 0. The van der Waals surface area contributed by atoms with E-state index in [1.54, 1.807) is 0 Å². The Morgan fingerprint density at radius 3 is 2.54 bits per heavy atom. The predicted molar refractivity (Wildman–Crippen MR) is 91.4 cm³/mol. The fourth-order valence-corrected chi connectivity index (χ4v) is 3.20. The molecule has 1 aromatic heterocycles. The summed E-state index contributed by atoms with van der Waals surface area (Å²) in [4.78, 5) is 19.6. The van der Waals surface area contributed by atoms with Crippen molar-refractivity contribution in [2.45, 2.75) is 43.8 Å². The Morgan fingerprint density at radius 1 is 1.38 bits per heavy atom. The number of carboxylic acids is 2. The summed E-state index contributed by atoms with van der Waals surface area (Å²) in [5.41, 5.74) is 0. The molecule has 0 aromatic carbocycles. The average molecular weight is 356 g/mol. The van der Waals surface area contributed by atoms with Crippen LogP contribution in [0.1, 0.15) is 37.9 Å². The molecule has 3 N–H and O–H groups in total. The quantitative estimate of drug-likeness (QED) is 0.498. The zero-order valence-electron chi connectivity index (χ0n) is 13.8. The molecule has 0 bridgehead atoms. The summed E-state index contributed by atoms with van der Waals surface area (Å²) in [5, 5.41) is 28.8. The zero-order valence-corrected chi connectivity index (χ0v) is 14.6. The van der Waals surface area contributed by atoms with E-state index in [4.69, 9.17) is 15.0 Å².